The number of ether oxygens (including phenoxy) is 4. The Morgan fingerprint density at radius 3 is 0.738 bits per heavy atom. The van der Waals surface area contributed by atoms with Gasteiger partial charge in [-0.1, -0.05) is 389 Å². The summed E-state index contributed by atoms with van der Waals surface area (Å²) < 4.78 is 68.7. The molecule has 0 heterocycles. The number of aliphatic hydroxyl groups excluding tert-OH is 1. The van der Waals surface area contributed by atoms with Crippen LogP contribution in [0.1, 0.15) is 440 Å². The van der Waals surface area contributed by atoms with E-state index in [1.54, 1.807) is 0 Å². The highest BCUT2D eigenvalue weighted by Gasteiger charge is 2.30. The molecule has 3 unspecified atom stereocenters. The Balaban J connectivity index is 5.19. The number of phosphoric ester groups is 2. The molecule has 0 aliphatic heterocycles. The van der Waals surface area contributed by atoms with E-state index < -0.39 is 97.5 Å². The predicted molar refractivity (Wildman–Crippen MR) is 423 cm³/mol. The van der Waals surface area contributed by atoms with E-state index in [4.69, 9.17) is 37.0 Å². The lowest BCUT2D eigenvalue weighted by atomic mass is 9.99. The molecule has 0 saturated carbocycles. The summed E-state index contributed by atoms with van der Waals surface area (Å²) >= 11 is 0. The molecule has 0 aromatic carbocycles. The van der Waals surface area contributed by atoms with Gasteiger partial charge in [0.25, 0.3) is 0 Å². The number of carbonyl (C=O) groups is 4. The van der Waals surface area contributed by atoms with Crippen LogP contribution in [0.2, 0.25) is 0 Å². The summed E-state index contributed by atoms with van der Waals surface area (Å²) in [6.07, 6.45) is 63.9. The first-order chi connectivity index (χ1) is 49.8. The third kappa shape index (κ3) is 76.6. The van der Waals surface area contributed by atoms with Crippen LogP contribution in [0.25, 0.3) is 0 Å². The Kier molecular flexibility index (Phi) is 72.8. The van der Waals surface area contributed by atoms with Crippen LogP contribution in [0.4, 0.5) is 0 Å². The summed E-state index contributed by atoms with van der Waals surface area (Å²) in [5.41, 5.74) is 0. The first-order valence-corrected chi connectivity index (χ1v) is 46.4. The SMILES string of the molecule is CCCCCCCCCCC(=O)OC[C@H](COP(=O)(O)OC[C@H](O)COP(=O)(O)OC[C@@H](COC(=O)CCCCCCCCCCCCCCCCCCC(C)C)OC(=O)CCCCCCCCCCCCCCCCCCCCC(C)CC)OC(=O)CCCCCCCCCCCCCC(C)C. The van der Waals surface area contributed by atoms with E-state index >= 15 is 0 Å². The third-order valence-corrected chi connectivity index (χ3v) is 21.9. The molecule has 0 rings (SSSR count). The summed E-state index contributed by atoms with van der Waals surface area (Å²) in [5.74, 6) is 0.339. The third-order valence-electron chi connectivity index (χ3n) is 20.0. The second-order valence-electron chi connectivity index (χ2n) is 31.4. The molecule has 0 aliphatic carbocycles. The lowest BCUT2D eigenvalue weighted by Crippen LogP contribution is -2.30. The highest BCUT2D eigenvalue weighted by Crippen LogP contribution is 2.45. The molecule has 6 atom stereocenters. The van der Waals surface area contributed by atoms with Crippen LogP contribution >= 0.6 is 15.6 Å². The molecule has 0 aliphatic rings. The van der Waals surface area contributed by atoms with Gasteiger partial charge in [0.1, 0.15) is 19.3 Å². The van der Waals surface area contributed by atoms with Gasteiger partial charge in [-0.05, 0) is 43.4 Å². The Morgan fingerprint density at radius 2 is 0.495 bits per heavy atom. The first kappa shape index (κ1) is 101. The average molecular weight is 1510 g/mol. The van der Waals surface area contributed by atoms with E-state index in [1.165, 1.54) is 244 Å². The van der Waals surface area contributed by atoms with Gasteiger partial charge in [0, 0.05) is 25.7 Å². The van der Waals surface area contributed by atoms with Gasteiger partial charge in [-0.15, -0.1) is 0 Å². The maximum Gasteiger partial charge on any atom is 0.472 e. The molecule has 0 spiro atoms. The highest BCUT2D eigenvalue weighted by molar-refractivity contribution is 7.47. The van der Waals surface area contributed by atoms with Crippen molar-refractivity contribution >= 4 is 39.5 Å². The Hall–Kier alpha value is -1.94. The second kappa shape index (κ2) is 74.2. The van der Waals surface area contributed by atoms with Crippen molar-refractivity contribution in [1.82, 2.24) is 0 Å². The van der Waals surface area contributed by atoms with Crippen molar-refractivity contribution in [2.45, 2.75) is 458 Å². The van der Waals surface area contributed by atoms with Crippen LogP contribution < -0.4 is 0 Å². The van der Waals surface area contributed by atoms with E-state index in [9.17, 15) is 43.2 Å². The molecule has 0 bridgehead atoms. The minimum Gasteiger partial charge on any atom is -0.462 e. The second-order valence-corrected chi connectivity index (χ2v) is 34.3. The van der Waals surface area contributed by atoms with E-state index in [0.29, 0.717) is 25.7 Å². The quantitative estimate of drug-likeness (QED) is 0.0222. The van der Waals surface area contributed by atoms with Gasteiger partial charge < -0.3 is 33.8 Å². The monoisotopic (exact) mass is 1510 g/mol. The predicted octanol–water partition coefficient (Wildman–Crippen LogP) is 25.3. The van der Waals surface area contributed by atoms with E-state index in [1.807, 2.05) is 0 Å². The Labute approximate surface area is 632 Å². The molecule has 0 fully saturated rings. The van der Waals surface area contributed by atoms with Crippen molar-refractivity contribution in [2.75, 3.05) is 39.6 Å². The number of aliphatic hydroxyl groups is 1. The van der Waals surface area contributed by atoms with Gasteiger partial charge in [0.15, 0.2) is 12.2 Å². The zero-order valence-corrected chi connectivity index (χ0v) is 69.6. The fraction of sp³-hybridized carbons (Fsp3) is 0.952. The van der Waals surface area contributed by atoms with Crippen LogP contribution in [-0.2, 0) is 65.4 Å². The number of hydrogen-bond donors (Lipinski definition) is 3. The van der Waals surface area contributed by atoms with Crippen molar-refractivity contribution in [3.05, 3.63) is 0 Å². The molecule has 103 heavy (non-hydrogen) atoms. The minimum atomic E-state index is -4.96. The van der Waals surface area contributed by atoms with Crippen molar-refractivity contribution in [1.29, 1.82) is 0 Å². The van der Waals surface area contributed by atoms with Crippen LogP contribution in [-0.4, -0.2) is 96.7 Å². The number of rotatable bonds is 82. The van der Waals surface area contributed by atoms with Crippen LogP contribution in [0.15, 0.2) is 0 Å². The summed E-state index contributed by atoms with van der Waals surface area (Å²) in [4.78, 5) is 73.0. The van der Waals surface area contributed by atoms with E-state index in [0.717, 1.165) is 114 Å². The fourth-order valence-electron chi connectivity index (χ4n) is 13.0. The molecule has 0 amide bonds. The van der Waals surface area contributed by atoms with Crippen LogP contribution in [0.5, 0.6) is 0 Å². The molecule has 0 radical (unpaired) electrons. The van der Waals surface area contributed by atoms with Crippen molar-refractivity contribution in [2.24, 2.45) is 17.8 Å². The number of carbonyl (C=O) groups excluding carboxylic acids is 4. The molecule has 19 heteroatoms. The van der Waals surface area contributed by atoms with Gasteiger partial charge in [0.05, 0.1) is 26.4 Å². The van der Waals surface area contributed by atoms with Gasteiger partial charge in [-0.3, -0.25) is 37.3 Å². The minimum absolute atomic E-state index is 0.106. The number of unbranched alkanes of at least 4 members (excludes halogenated alkanes) is 49. The summed E-state index contributed by atoms with van der Waals surface area (Å²) in [5, 5.41) is 10.6. The summed E-state index contributed by atoms with van der Waals surface area (Å²) in [6.45, 7) is 12.0. The number of esters is 4. The van der Waals surface area contributed by atoms with Gasteiger partial charge in [0.2, 0.25) is 0 Å². The normalized spacial score (nSPS) is 14.2. The maximum absolute atomic E-state index is 13.1. The molecule has 612 valence electrons. The van der Waals surface area contributed by atoms with Crippen LogP contribution in [0.3, 0.4) is 0 Å². The molecule has 0 saturated heterocycles. The van der Waals surface area contributed by atoms with Gasteiger partial charge >= 0.3 is 39.5 Å². The van der Waals surface area contributed by atoms with Crippen LogP contribution in [0, 0.1) is 17.8 Å². The molecule has 0 aromatic heterocycles. The lowest BCUT2D eigenvalue weighted by Gasteiger charge is -2.21. The standard InChI is InChI=1S/C84H164O17P2/c1-8-10-11-12-13-44-51-58-65-81(86)94-71-79(100-84(89)68-61-54-47-40-34-28-30-36-42-49-56-63-76(5)6)73-98-102(90,91)96-69-78(85)70-97-103(92,93)99-74-80(72-95-82(87)66-59-52-45-38-32-26-22-19-18-20-24-29-35-41-48-55-62-75(3)4)101-83(88)67-60-53-46-39-33-27-23-17-15-14-16-21-25-31-37-43-50-57-64-77(7)9-2/h75-80,85H,8-74H2,1-7H3,(H,90,91)(H,92,93)/t77?,78-,79+,80+/m0/s1. The van der Waals surface area contributed by atoms with E-state index in [-0.39, 0.29) is 25.7 Å². The highest BCUT2D eigenvalue weighted by atomic mass is 31.2. The van der Waals surface area contributed by atoms with Crippen molar-refractivity contribution < 1.29 is 80.2 Å². The van der Waals surface area contributed by atoms with Crippen molar-refractivity contribution in [3.8, 4) is 0 Å². The Bertz CT molecular complexity index is 1990. The average Bonchev–Trinajstić information content (AvgIpc) is 0.913. The smallest absolute Gasteiger partial charge is 0.462 e. The van der Waals surface area contributed by atoms with Gasteiger partial charge in [-0.2, -0.15) is 0 Å². The van der Waals surface area contributed by atoms with E-state index in [2.05, 4.69) is 48.5 Å². The molecule has 17 nitrogen and oxygen atoms in total. The summed E-state index contributed by atoms with van der Waals surface area (Å²) in [6, 6.07) is 0. The molecule has 0 aromatic rings. The fourth-order valence-corrected chi connectivity index (χ4v) is 14.6. The van der Waals surface area contributed by atoms with Crippen molar-refractivity contribution in [3.63, 3.8) is 0 Å². The molecular weight excluding hydrogens is 1340 g/mol. The largest absolute Gasteiger partial charge is 0.472 e. The molecular formula is C84H164O17P2. The number of phosphoric acid groups is 2. The first-order valence-electron chi connectivity index (χ1n) is 43.4. The zero-order chi connectivity index (χ0) is 75.8. The summed E-state index contributed by atoms with van der Waals surface area (Å²) in [7, 11) is -9.92. The maximum atomic E-state index is 13.1. The molecule has 3 N–H and O–H groups in total. The number of hydrogen-bond acceptors (Lipinski definition) is 15. The lowest BCUT2D eigenvalue weighted by molar-refractivity contribution is -0.161. The topological polar surface area (TPSA) is 237 Å². The Morgan fingerprint density at radius 1 is 0.282 bits per heavy atom. The zero-order valence-electron chi connectivity index (χ0n) is 67.8. The van der Waals surface area contributed by atoms with Gasteiger partial charge in [-0.25, -0.2) is 9.13 Å².